The van der Waals surface area contributed by atoms with Crippen molar-refractivity contribution in [3.63, 3.8) is 0 Å². The highest BCUT2D eigenvalue weighted by Gasteiger charge is 2.25. The monoisotopic (exact) mass is 278 g/mol. The molecule has 2 atom stereocenters. The minimum absolute atomic E-state index is 0.301. The Morgan fingerprint density at radius 1 is 1.25 bits per heavy atom. The van der Waals surface area contributed by atoms with E-state index in [1.54, 1.807) is 0 Å². The van der Waals surface area contributed by atoms with Gasteiger partial charge in [0.2, 0.25) is 5.89 Å². The highest BCUT2D eigenvalue weighted by atomic mass is 16.5. The predicted octanol–water partition coefficient (Wildman–Crippen LogP) is 2.30. The van der Waals surface area contributed by atoms with Gasteiger partial charge in [-0.05, 0) is 45.3 Å². The number of likely N-dealkylation sites (tertiary alicyclic amines) is 1. The lowest BCUT2D eigenvalue weighted by atomic mass is 9.99. The van der Waals surface area contributed by atoms with Crippen LogP contribution >= 0.6 is 0 Å². The Balaban J connectivity index is 1.61. The van der Waals surface area contributed by atoms with Crippen LogP contribution in [-0.4, -0.2) is 40.7 Å². The summed E-state index contributed by atoms with van der Waals surface area (Å²) in [6.07, 6.45) is 8.46. The first-order valence-corrected chi connectivity index (χ1v) is 8.16. The van der Waals surface area contributed by atoms with Crippen LogP contribution in [0, 0.1) is 0 Å². The predicted molar refractivity (Wildman–Crippen MR) is 77.5 cm³/mol. The SMILES string of the molecule is CCN1CCCCC1Cc1nc(C2CCCCN2)no1. The van der Waals surface area contributed by atoms with Gasteiger partial charge in [-0.3, -0.25) is 0 Å². The number of hydrogen-bond acceptors (Lipinski definition) is 5. The van der Waals surface area contributed by atoms with Crippen LogP contribution in [0.3, 0.4) is 0 Å². The van der Waals surface area contributed by atoms with Crippen LogP contribution in [0.5, 0.6) is 0 Å². The molecule has 3 rings (SSSR count). The van der Waals surface area contributed by atoms with Crippen molar-refractivity contribution in [1.82, 2.24) is 20.4 Å². The second kappa shape index (κ2) is 6.68. The molecule has 0 aromatic carbocycles. The van der Waals surface area contributed by atoms with E-state index in [4.69, 9.17) is 4.52 Å². The molecule has 0 spiro atoms. The molecule has 2 saturated heterocycles. The third-order valence-electron chi connectivity index (χ3n) is 4.67. The molecule has 2 aliphatic heterocycles. The summed E-state index contributed by atoms with van der Waals surface area (Å²) in [4.78, 5) is 7.18. The van der Waals surface area contributed by atoms with Crippen molar-refractivity contribution >= 4 is 0 Å². The fraction of sp³-hybridized carbons (Fsp3) is 0.867. The highest BCUT2D eigenvalue weighted by Crippen LogP contribution is 2.23. The highest BCUT2D eigenvalue weighted by molar-refractivity contribution is 4.97. The van der Waals surface area contributed by atoms with Crippen molar-refractivity contribution in [1.29, 1.82) is 0 Å². The molecule has 2 fully saturated rings. The lowest BCUT2D eigenvalue weighted by Gasteiger charge is -2.33. The van der Waals surface area contributed by atoms with Crippen LogP contribution in [-0.2, 0) is 6.42 Å². The van der Waals surface area contributed by atoms with Crippen molar-refractivity contribution in [2.75, 3.05) is 19.6 Å². The average molecular weight is 278 g/mol. The van der Waals surface area contributed by atoms with Gasteiger partial charge in [0.25, 0.3) is 0 Å². The van der Waals surface area contributed by atoms with E-state index >= 15 is 0 Å². The van der Waals surface area contributed by atoms with Gasteiger partial charge in [0.15, 0.2) is 5.82 Å². The summed E-state index contributed by atoms with van der Waals surface area (Å²) in [7, 11) is 0. The minimum Gasteiger partial charge on any atom is -0.339 e. The van der Waals surface area contributed by atoms with Gasteiger partial charge >= 0.3 is 0 Å². The van der Waals surface area contributed by atoms with Crippen molar-refractivity contribution in [2.24, 2.45) is 0 Å². The normalized spacial score (nSPS) is 28.6. The molecule has 1 N–H and O–H groups in total. The number of nitrogens with one attached hydrogen (secondary N) is 1. The fourth-order valence-electron chi connectivity index (χ4n) is 3.47. The number of nitrogens with zero attached hydrogens (tertiary/aromatic N) is 3. The Labute approximate surface area is 121 Å². The van der Waals surface area contributed by atoms with E-state index < -0.39 is 0 Å². The van der Waals surface area contributed by atoms with Gasteiger partial charge < -0.3 is 14.7 Å². The third kappa shape index (κ3) is 3.20. The first-order chi connectivity index (χ1) is 9.86. The lowest BCUT2D eigenvalue weighted by Crippen LogP contribution is -2.40. The summed E-state index contributed by atoms with van der Waals surface area (Å²) < 4.78 is 5.49. The van der Waals surface area contributed by atoms with Crippen LogP contribution in [0.15, 0.2) is 4.52 Å². The first kappa shape index (κ1) is 14.0. The van der Waals surface area contributed by atoms with Gasteiger partial charge in [-0.25, -0.2) is 0 Å². The third-order valence-corrected chi connectivity index (χ3v) is 4.67. The standard InChI is InChI=1S/C15H26N4O/c1-2-19-10-6-4-7-12(19)11-14-17-15(18-20-14)13-8-3-5-9-16-13/h12-13,16H,2-11H2,1H3. The Morgan fingerprint density at radius 2 is 2.15 bits per heavy atom. The molecule has 5 nitrogen and oxygen atoms in total. The van der Waals surface area contributed by atoms with E-state index in [2.05, 4.69) is 27.3 Å². The molecule has 2 unspecified atom stereocenters. The Kier molecular flexibility index (Phi) is 4.68. The number of hydrogen-bond donors (Lipinski definition) is 1. The van der Waals surface area contributed by atoms with Gasteiger partial charge in [0, 0.05) is 12.5 Å². The summed E-state index contributed by atoms with van der Waals surface area (Å²) in [6, 6.07) is 0.885. The Morgan fingerprint density at radius 3 is 2.95 bits per heavy atom. The number of rotatable bonds is 4. The summed E-state index contributed by atoms with van der Waals surface area (Å²) in [5, 5.41) is 7.67. The maximum atomic E-state index is 5.49. The summed E-state index contributed by atoms with van der Waals surface area (Å²) in [5.74, 6) is 1.68. The molecule has 0 saturated carbocycles. The molecule has 2 aliphatic rings. The summed E-state index contributed by atoms with van der Waals surface area (Å²) in [6.45, 7) is 5.65. The second-order valence-electron chi connectivity index (χ2n) is 6.03. The zero-order chi connectivity index (χ0) is 13.8. The zero-order valence-electron chi connectivity index (χ0n) is 12.5. The molecule has 0 bridgehead atoms. The quantitative estimate of drug-likeness (QED) is 0.916. The minimum atomic E-state index is 0.301. The Bertz CT molecular complexity index is 414. The largest absolute Gasteiger partial charge is 0.339 e. The van der Waals surface area contributed by atoms with Gasteiger partial charge in [0.05, 0.1) is 6.04 Å². The summed E-state index contributed by atoms with van der Waals surface area (Å²) >= 11 is 0. The molecule has 1 aromatic rings. The van der Waals surface area contributed by atoms with E-state index in [0.717, 1.165) is 37.6 Å². The fourth-order valence-corrected chi connectivity index (χ4v) is 3.47. The van der Waals surface area contributed by atoms with E-state index in [1.165, 1.54) is 38.6 Å². The Hall–Kier alpha value is -0.940. The number of piperidine rings is 2. The molecule has 112 valence electrons. The van der Waals surface area contributed by atoms with Gasteiger partial charge in [-0.15, -0.1) is 0 Å². The maximum absolute atomic E-state index is 5.49. The molecule has 0 amide bonds. The summed E-state index contributed by atoms with van der Waals surface area (Å²) in [5.41, 5.74) is 0. The first-order valence-electron chi connectivity index (χ1n) is 8.16. The topological polar surface area (TPSA) is 54.2 Å². The van der Waals surface area contributed by atoms with E-state index in [-0.39, 0.29) is 0 Å². The molecule has 0 radical (unpaired) electrons. The average Bonchev–Trinajstić information content (AvgIpc) is 2.97. The molecular formula is C15H26N4O. The second-order valence-corrected chi connectivity index (χ2v) is 6.03. The molecule has 0 aliphatic carbocycles. The molecule has 5 heteroatoms. The molecule has 3 heterocycles. The smallest absolute Gasteiger partial charge is 0.228 e. The van der Waals surface area contributed by atoms with E-state index in [0.29, 0.717) is 12.1 Å². The maximum Gasteiger partial charge on any atom is 0.228 e. The van der Waals surface area contributed by atoms with Gasteiger partial charge in [-0.1, -0.05) is 24.9 Å². The number of aromatic nitrogens is 2. The van der Waals surface area contributed by atoms with Crippen molar-refractivity contribution in [3.8, 4) is 0 Å². The van der Waals surface area contributed by atoms with Crippen molar-refractivity contribution < 1.29 is 4.52 Å². The van der Waals surface area contributed by atoms with Crippen LogP contribution in [0.4, 0.5) is 0 Å². The van der Waals surface area contributed by atoms with Crippen LogP contribution in [0.2, 0.25) is 0 Å². The molecule has 20 heavy (non-hydrogen) atoms. The molecular weight excluding hydrogens is 252 g/mol. The number of likely N-dealkylation sites (N-methyl/N-ethyl adjacent to an activating group) is 1. The van der Waals surface area contributed by atoms with E-state index in [1.807, 2.05) is 0 Å². The van der Waals surface area contributed by atoms with Crippen LogP contribution in [0.25, 0.3) is 0 Å². The van der Waals surface area contributed by atoms with E-state index in [9.17, 15) is 0 Å². The van der Waals surface area contributed by atoms with Crippen molar-refractivity contribution in [2.45, 2.75) is 64.0 Å². The van der Waals surface area contributed by atoms with Crippen LogP contribution < -0.4 is 5.32 Å². The molecule has 1 aromatic heterocycles. The van der Waals surface area contributed by atoms with Crippen molar-refractivity contribution in [3.05, 3.63) is 11.7 Å². The zero-order valence-corrected chi connectivity index (χ0v) is 12.5. The lowest BCUT2D eigenvalue weighted by molar-refractivity contribution is 0.146. The van der Waals surface area contributed by atoms with Gasteiger partial charge in [-0.2, -0.15) is 4.98 Å². The van der Waals surface area contributed by atoms with Crippen LogP contribution in [0.1, 0.15) is 63.2 Å². The van der Waals surface area contributed by atoms with Gasteiger partial charge in [0.1, 0.15) is 0 Å².